The maximum absolute atomic E-state index is 12.6. The normalized spacial score (nSPS) is 12.3. The molecular formula is C19H15F3N4O3. The van der Waals surface area contributed by atoms with Crippen LogP contribution in [0.2, 0.25) is 0 Å². The third-order valence-electron chi connectivity index (χ3n) is 3.90. The molecule has 1 atom stereocenters. The Balaban J connectivity index is 1.86. The second-order valence-electron chi connectivity index (χ2n) is 5.95. The van der Waals surface area contributed by atoms with E-state index < -0.39 is 29.6 Å². The first kappa shape index (κ1) is 20.1. The van der Waals surface area contributed by atoms with Crippen molar-refractivity contribution in [1.29, 1.82) is 0 Å². The molecule has 1 amide bonds. The molecule has 3 aromatic rings. The lowest BCUT2D eigenvalue weighted by molar-refractivity contribution is -0.274. The number of pyridine rings is 1. The van der Waals surface area contributed by atoms with E-state index in [-0.39, 0.29) is 5.69 Å². The van der Waals surface area contributed by atoms with E-state index in [9.17, 15) is 22.8 Å². The number of halogens is 3. The highest BCUT2D eigenvalue weighted by molar-refractivity contribution is 5.94. The zero-order chi connectivity index (χ0) is 21.0. The van der Waals surface area contributed by atoms with Crippen molar-refractivity contribution >= 4 is 11.6 Å². The van der Waals surface area contributed by atoms with Crippen molar-refractivity contribution in [2.24, 2.45) is 0 Å². The Labute approximate surface area is 162 Å². The van der Waals surface area contributed by atoms with Crippen molar-refractivity contribution in [1.82, 2.24) is 14.8 Å². The summed E-state index contributed by atoms with van der Waals surface area (Å²) in [5, 5.41) is 6.52. The second-order valence-corrected chi connectivity index (χ2v) is 5.95. The number of ether oxygens (including phenoxy) is 1. The van der Waals surface area contributed by atoms with Gasteiger partial charge in [0.25, 0.3) is 5.56 Å². The maximum Gasteiger partial charge on any atom is 0.573 e. The number of nitrogens with one attached hydrogen (secondary N) is 1. The molecule has 29 heavy (non-hydrogen) atoms. The van der Waals surface area contributed by atoms with Crippen molar-refractivity contribution in [3.63, 3.8) is 0 Å². The summed E-state index contributed by atoms with van der Waals surface area (Å²) in [5.41, 5.74) is 0.328. The van der Waals surface area contributed by atoms with Gasteiger partial charge in [-0.25, -0.2) is 4.68 Å². The summed E-state index contributed by atoms with van der Waals surface area (Å²) in [4.78, 5) is 28.7. The fourth-order valence-corrected chi connectivity index (χ4v) is 2.50. The van der Waals surface area contributed by atoms with E-state index in [4.69, 9.17) is 0 Å². The van der Waals surface area contributed by atoms with Gasteiger partial charge < -0.3 is 10.1 Å². The number of hydrogen-bond donors (Lipinski definition) is 1. The van der Waals surface area contributed by atoms with Gasteiger partial charge in [-0.3, -0.25) is 14.6 Å². The van der Waals surface area contributed by atoms with E-state index in [1.165, 1.54) is 37.3 Å². The van der Waals surface area contributed by atoms with Crippen molar-refractivity contribution in [2.45, 2.75) is 19.3 Å². The fraction of sp³-hybridized carbons (Fsp3) is 0.158. The molecule has 0 saturated heterocycles. The van der Waals surface area contributed by atoms with Gasteiger partial charge in [-0.15, -0.1) is 13.2 Å². The number of benzene rings is 1. The molecule has 0 aliphatic heterocycles. The predicted molar refractivity (Wildman–Crippen MR) is 98.2 cm³/mol. The van der Waals surface area contributed by atoms with Gasteiger partial charge in [-0.1, -0.05) is 12.1 Å². The molecule has 3 rings (SSSR count). The summed E-state index contributed by atoms with van der Waals surface area (Å²) in [6.45, 7) is 1.41. The van der Waals surface area contributed by atoms with Gasteiger partial charge in [-0.2, -0.15) is 5.10 Å². The first-order chi connectivity index (χ1) is 13.7. The fourth-order valence-electron chi connectivity index (χ4n) is 2.50. The first-order valence-electron chi connectivity index (χ1n) is 8.40. The summed E-state index contributed by atoms with van der Waals surface area (Å²) in [6.07, 6.45) is -1.79. The summed E-state index contributed by atoms with van der Waals surface area (Å²) >= 11 is 0. The Morgan fingerprint density at radius 1 is 1.14 bits per heavy atom. The number of rotatable bonds is 5. The molecule has 0 aliphatic carbocycles. The zero-order valence-corrected chi connectivity index (χ0v) is 15.1. The average Bonchev–Trinajstić information content (AvgIpc) is 2.69. The highest BCUT2D eigenvalue weighted by Crippen LogP contribution is 2.30. The van der Waals surface area contributed by atoms with Crippen molar-refractivity contribution in [2.75, 3.05) is 5.32 Å². The summed E-state index contributed by atoms with van der Waals surface area (Å²) in [5.74, 6) is -1.30. The minimum Gasteiger partial charge on any atom is -0.404 e. The van der Waals surface area contributed by atoms with Gasteiger partial charge in [0.2, 0.25) is 5.91 Å². The van der Waals surface area contributed by atoms with E-state index in [0.29, 0.717) is 11.3 Å². The summed E-state index contributed by atoms with van der Waals surface area (Å²) in [7, 11) is 0. The van der Waals surface area contributed by atoms with Gasteiger partial charge in [-0.05, 0) is 37.3 Å². The minimum atomic E-state index is -4.91. The Bertz CT molecular complexity index is 1070. The van der Waals surface area contributed by atoms with Crippen LogP contribution in [0.3, 0.4) is 0 Å². The smallest absolute Gasteiger partial charge is 0.404 e. The molecule has 0 bridgehead atoms. The van der Waals surface area contributed by atoms with Gasteiger partial charge in [0, 0.05) is 24.0 Å². The highest BCUT2D eigenvalue weighted by Gasteiger charge is 2.32. The number of alkyl halides is 3. The summed E-state index contributed by atoms with van der Waals surface area (Å²) < 4.78 is 42.5. The van der Waals surface area contributed by atoms with E-state index in [2.05, 4.69) is 20.1 Å². The number of anilines is 1. The molecule has 2 aromatic heterocycles. The van der Waals surface area contributed by atoms with E-state index in [1.807, 2.05) is 0 Å². The molecule has 10 heteroatoms. The number of carbonyl (C=O) groups excluding carboxylic acids is 1. The minimum absolute atomic E-state index is 0.182. The van der Waals surface area contributed by atoms with Crippen LogP contribution in [0.5, 0.6) is 5.75 Å². The highest BCUT2D eigenvalue weighted by atomic mass is 19.4. The summed E-state index contributed by atoms with van der Waals surface area (Å²) in [6, 6.07) is 10.2. The molecule has 0 saturated carbocycles. The number of hydrogen-bond acceptors (Lipinski definition) is 5. The third-order valence-corrected chi connectivity index (χ3v) is 3.90. The third kappa shape index (κ3) is 4.98. The molecule has 1 N–H and O–H groups in total. The SMILES string of the molecule is CC(C(=O)Nc1ccccc1OC(F)(F)F)n1nc(-c2cccnc2)ccc1=O. The molecule has 0 aliphatic rings. The van der Waals surface area contributed by atoms with Crippen LogP contribution in [0.4, 0.5) is 18.9 Å². The van der Waals surface area contributed by atoms with Crippen LogP contribution in [0.15, 0.2) is 65.7 Å². The van der Waals surface area contributed by atoms with Crippen LogP contribution >= 0.6 is 0 Å². The lowest BCUT2D eigenvalue weighted by Crippen LogP contribution is -2.33. The molecule has 7 nitrogen and oxygen atoms in total. The van der Waals surface area contributed by atoms with Crippen LogP contribution in [0, 0.1) is 0 Å². The second kappa shape index (κ2) is 8.13. The van der Waals surface area contributed by atoms with Crippen LogP contribution < -0.4 is 15.6 Å². The average molecular weight is 404 g/mol. The molecule has 0 radical (unpaired) electrons. The Hall–Kier alpha value is -3.69. The van der Waals surface area contributed by atoms with Gasteiger partial charge in [0.1, 0.15) is 6.04 Å². The zero-order valence-electron chi connectivity index (χ0n) is 15.1. The molecule has 0 spiro atoms. The molecule has 2 heterocycles. The first-order valence-corrected chi connectivity index (χ1v) is 8.40. The Morgan fingerprint density at radius 3 is 2.59 bits per heavy atom. The largest absolute Gasteiger partial charge is 0.573 e. The van der Waals surface area contributed by atoms with Gasteiger partial charge in [0.05, 0.1) is 11.4 Å². The Kier molecular flexibility index (Phi) is 5.62. The molecular weight excluding hydrogens is 389 g/mol. The molecule has 1 aromatic carbocycles. The standard InChI is InChI=1S/C19H15F3N4O3/c1-12(18(28)24-15-6-2-3-7-16(15)29-19(20,21)22)26-17(27)9-8-14(25-26)13-5-4-10-23-11-13/h2-12H,1H3,(H,24,28). The van der Waals surface area contributed by atoms with Crippen molar-refractivity contribution < 1.29 is 22.7 Å². The lowest BCUT2D eigenvalue weighted by Gasteiger charge is -2.17. The lowest BCUT2D eigenvalue weighted by atomic mass is 10.2. The molecule has 1 unspecified atom stereocenters. The van der Waals surface area contributed by atoms with Crippen LogP contribution in [0.1, 0.15) is 13.0 Å². The van der Waals surface area contributed by atoms with Crippen LogP contribution in [-0.4, -0.2) is 27.0 Å². The van der Waals surface area contributed by atoms with Gasteiger partial charge in [0.15, 0.2) is 5.75 Å². The van der Waals surface area contributed by atoms with Gasteiger partial charge >= 0.3 is 6.36 Å². The van der Waals surface area contributed by atoms with E-state index in [0.717, 1.165) is 10.7 Å². The van der Waals surface area contributed by atoms with E-state index >= 15 is 0 Å². The number of carbonyl (C=O) groups is 1. The monoisotopic (exact) mass is 404 g/mol. The maximum atomic E-state index is 12.6. The topological polar surface area (TPSA) is 86.1 Å². The predicted octanol–water partition coefficient (Wildman–Crippen LogP) is 3.40. The van der Waals surface area contributed by atoms with Crippen molar-refractivity contribution in [3.8, 4) is 17.0 Å². The van der Waals surface area contributed by atoms with Crippen LogP contribution in [0.25, 0.3) is 11.3 Å². The Morgan fingerprint density at radius 2 is 1.90 bits per heavy atom. The quantitative estimate of drug-likeness (QED) is 0.704. The van der Waals surface area contributed by atoms with Crippen LogP contribution in [-0.2, 0) is 4.79 Å². The molecule has 0 fully saturated rings. The van der Waals surface area contributed by atoms with Crippen molar-refractivity contribution in [3.05, 3.63) is 71.3 Å². The molecule has 150 valence electrons. The van der Waals surface area contributed by atoms with E-state index in [1.54, 1.807) is 24.5 Å². The number of amides is 1. The number of aromatic nitrogens is 3. The number of nitrogens with zero attached hydrogens (tertiary/aromatic N) is 3. The number of para-hydroxylation sites is 2.